The Balaban J connectivity index is 1.67. The van der Waals surface area contributed by atoms with Crippen molar-refractivity contribution in [2.24, 2.45) is 0 Å². The number of alkyl halides is 3. The number of aromatic nitrogens is 2. The molecule has 0 spiro atoms. The van der Waals surface area contributed by atoms with E-state index < -0.39 is 11.9 Å². The van der Waals surface area contributed by atoms with Crippen molar-refractivity contribution in [3.8, 4) is 0 Å². The van der Waals surface area contributed by atoms with Crippen molar-refractivity contribution in [3.05, 3.63) is 52.8 Å². The number of amides is 1. The lowest BCUT2D eigenvalue weighted by atomic mass is 9.96. The Kier molecular flexibility index (Phi) is 5.84. The van der Waals surface area contributed by atoms with E-state index in [1.54, 1.807) is 0 Å². The highest BCUT2D eigenvalue weighted by molar-refractivity contribution is 5.83. The maximum absolute atomic E-state index is 13.2. The first kappa shape index (κ1) is 19.4. The molecule has 1 aliphatic rings. The molecular formula is C19H22F3N3O2. The topological polar surface area (TPSA) is 56.2 Å². The van der Waals surface area contributed by atoms with E-state index >= 15 is 0 Å². The molecule has 1 amide bonds. The molecule has 0 radical (unpaired) electrons. The zero-order valence-corrected chi connectivity index (χ0v) is 15.1. The average Bonchev–Trinajstić information content (AvgIpc) is 3.03. The summed E-state index contributed by atoms with van der Waals surface area (Å²) in [6.45, 7) is 2.62. The van der Waals surface area contributed by atoms with Crippen LogP contribution in [0.2, 0.25) is 0 Å². The van der Waals surface area contributed by atoms with Crippen LogP contribution in [0.5, 0.6) is 0 Å². The van der Waals surface area contributed by atoms with Crippen LogP contribution in [0, 0.1) is 0 Å². The first-order valence-corrected chi connectivity index (χ1v) is 8.98. The zero-order chi connectivity index (χ0) is 19.4. The smallest absolute Gasteiger partial charge is 0.376 e. The van der Waals surface area contributed by atoms with Crippen LogP contribution in [-0.4, -0.2) is 28.8 Å². The largest absolute Gasteiger partial charge is 0.435 e. The Morgan fingerprint density at radius 3 is 2.74 bits per heavy atom. The van der Waals surface area contributed by atoms with Crippen LogP contribution in [0.4, 0.5) is 13.2 Å². The Bertz CT molecular complexity index is 787. The molecule has 2 heterocycles. The highest BCUT2D eigenvalue weighted by atomic mass is 19.4. The van der Waals surface area contributed by atoms with Gasteiger partial charge in [0.1, 0.15) is 0 Å². The molecule has 3 rings (SSSR count). The van der Waals surface area contributed by atoms with Crippen molar-refractivity contribution in [2.75, 3.05) is 13.2 Å². The van der Waals surface area contributed by atoms with Gasteiger partial charge in [0.05, 0.1) is 25.7 Å². The van der Waals surface area contributed by atoms with Crippen LogP contribution in [0.1, 0.15) is 41.8 Å². The summed E-state index contributed by atoms with van der Waals surface area (Å²) in [4.78, 5) is 12.5. The van der Waals surface area contributed by atoms with E-state index in [0.717, 1.165) is 5.56 Å². The molecule has 0 aliphatic carbocycles. The number of rotatable bonds is 6. The molecule has 1 aromatic heterocycles. The normalized spacial score (nSPS) is 15.3. The summed E-state index contributed by atoms with van der Waals surface area (Å²) in [5.74, 6) is -0.416. The highest BCUT2D eigenvalue weighted by Crippen LogP contribution is 2.34. The summed E-state index contributed by atoms with van der Waals surface area (Å²) in [5, 5.41) is 6.57. The maximum Gasteiger partial charge on any atom is 0.435 e. The van der Waals surface area contributed by atoms with Gasteiger partial charge in [0.2, 0.25) is 5.91 Å². The van der Waals surface area contributed by atoms with Gasteiger partial charge in [-0.3, -0.25) is 9.48 Å². The fourth-order valence-electron chi connectivity index (χ4n) is 3.39. The minimum absolute atomic E-state index is 0.0809. The summed E-state index contributed by atoms with van der Waals surface area (Å²) in [5.41, 5.74) is 0.679. The molecule has 0 saturated carbocycles. The SMILES string of the molecule is CCC(C(=O)NCCn1nc(C(F)(F)F)c2c1CCOC2)c1ccccc1. The molecule has 1 aliphatic heterocycles. The second kappa shape index (κ2) is 8.12. The number of ether oxygens (including phenoxy) is 1. The third kappa shape index (κ3) is 4.32. The molecule has 1 unspecified atom stereocenters. The number of halogens is 3. The molecule has 1 atom stereocenters. The van der Waals surface area contributed by atoms with Gasteiger partial charge in [0.25, 0.3) is 0 Å². The van der Waals surface area contributed by atoms with Crippen molar-refractivity contribution >= 4 is 5.91 Å². The maximum atomic E-state index is 13.2. The lowest BCUT2D eigenvalue weighted by molar-refractivity contribution is -0.142. The number of nitrogens with one attached hydrogen (secondary N) is 1. The Morgan fingerprint density at radius 1 is 1.33 bits per heavy atom. The number of hydrogen-bond donors (Lipinski definition) is 1. The fourth-order valence-corrected chi connectivity index (χ4v) is 3.39. The van der Waals surface area contributed by atoms with Crippen molar-refractivity contribution in [1.29, 1.82) is 0 Å². The van der Waals surface area contributed by atoms with E-state index in [0.29, 0.717) is 25.1 Å². The van der Waals surface area contributed by atoms with Gasteiger partial charge in [0.15, 0.2) is 5.69 Å². The third-order valence-electron chi connectivity index (χ3n) is 4.71. The molecule has 2 aromatic rings. The van der Waals surface area contributed by atoms with Gasteiger partial charge in [0, 0.05) is 24.2 Å². The van der Waals surface area contributed by atoms with Crippen LogP contribution >= 0.6 is 0 Å². The standard InChI is InChI=1S/C19H22F3N3O2/c1-2-14(13-6-4-3-5-7-13)18(26)23-9-10-25-16-8-11-27-12-15(16)17(24-25)19(20,21)22/h3-7,14H,2,8-12H2,1H3,(H,23,26). The Hall–Kier alpha value is -2.35. The second-order valence-electron chi connectivity index (χ2n) is 6.46. The molecule has 8 heteroatoms. The van der Waals surface area contributed by atoms with Gasteiger partial charge in [-0.05, 0) is 12.0 Å². The second-order valence-corrected chi connectivity index (χ2v) is 6.46. The quantitative estimate of drug-likeness (QED) is 0.836. The van der Waals surface area contributed by atoms with Crippen LogP contribution < -0.4 is 5.32 Å². The predicted octanol–water partition coefficient (Wildman–Crippen LogP) is 3.28. The minimum Gasteiger partial charge on any atom is -0.376 e. The molecule has 5 nitrogen and oxygen atoms in total. The molecule has 0 saturated heterocycles. The molecule has 1 N–H and O–H groups in total. The van der Waals surface area contributed by atoms with E-state index in [-0.39, 0.29) is 37.1 Å². The molecule has 0 fully saturated rings. The van der Waals surface area contributed by atoms with Gasteiger partial charge < -0.3 is 10.1 Å². The summed E-state index contributed by atoms with van der Waals surface area (Å²) < 4.78 is 46.0. The molecule has 0 bridgehead atoms. The fraction of sp³-hybridized carbons (Fsp3) is 0.474. The van der Waals surface area contributed by atoms with Crippen LogP contribution in [0.3, 0.4) is 0 Å². The Morgan fingerprint density at radius 2 is 2.07 bits per heavy atom. The van der Waals surface area contributed by atoms with E-state index in [4.69, 9.17) is 4.74 Å². The van der Waals surface area contributed by atoms with E-state index in [2.05, 4.69) is 10.4 Å². The van der Waals surface area contributed by atoms with Crippen molar-refractivity contribution in [2.45, 2.75) is 45.0 Å². The first-order chi connectivity index (χ1) is 12.9. The van der Waals surface area contributed by atoms with Crippen molar-refractivity contribution in [1.82, 2.24) is 15.1 Å². The molecule has 1 aromatic carbocycles. The average molecular weight is 381 g/mol. The third-order valence-corrected chi connectivity index (χ3v) is 4.71. The van der Waals surface area contributed by atoms with Crippen molar-refractivity contribution in [3.63, 3.8) is 0 Å². The lowest BCUT2D eigenvalue weighted by Gasteiger charge is -2.17. The summed E-state index contributed by atoms with van der Waals surface area (Å²) in [7, 11) is 0. The van der Waals surface area contributed by atoms with Gasteiger partial charge in [-0.25, -0.2) is 0 Å². The van der Waals surface area contributed by atoms with E-state index in [1.807, 2.05) is 37.3 Å². The Labute approximate surface area is 155 Å². The van der Waals surface area contributed by atoms with E-state index in [9.17, 15) is 18.0 Å². The predicted molar refractivity (Wildman–Crippen MR) is 93.1 cm³/mol. The number of hydrogen-bond acceptors (Lipinski definition) is 3. The zero-order valence-electron chi connectivity index (χ0n) is 15.1. The number of nitrogens with zero attached hydrogens (tertiary/aromatic N) is 2. The number of benzene rings is 1. The van der Waals surface area contributed by atoms with Crippen LogP contribution in [0.25, 0.3) is 0 Å². The first-order valence-electron chi connectivity index (χ1n) is 8.98. The summed E-state index contributed by atoms with van der Waals surface area (Å²) in [6, 6.07) is 9.43. The van der Waals surface area contributed by atoms with Crippen molar-refractivity contribution < 1.29 is 22.7 Å². The lowest BCUT2D eigenvalue weighted by Crippen LogP contribution is -2.32. The van der Waals surface area contributed by atoms with Gasteiger partial charge in [-0.1, -0.05) is 37.3 Å². The molecule has 27 heavy (non-hydrogen) atoms. The molecular weight excluding hydrogens is 359 g/mol. The highest BCUT2D eigenvalue weighted by Gasteiger charge is 2.39. The van der Waals surface area contributed by atoms with Gasteiger partial charge >= 0.3 is 6.18 Å². The van der Waals surface area contributed by atoms with Crippen LogP contribution in [-0.2, 0) is 35.3 Å². The minimum atomic E-state index is -4.51. The summed E-state index contributed by atoms with van der Waals surface area (Å²) in [6.07, 6.45) is -3.49. The number of carbonyl (C=O) groups excluding carboxylic acids is 1. The molecule has 146 valence electrons. The van der Waals surface area contributed by atoms with Gasteiger partial charge in [-0.2, -0.15) is 18.3 Å². The van der Waals surface area contributed by atoms with E-state index in [1.165, 1.54) is 4.68 Å². The number of carbonyl (C=O) groups is 1. The van der Waals surface area contributed by atoms with Gasteiger partial charge in [-0.15, -0.1) is 0 Å². The van der Waals surface area contributed by atoms with Crippen LogP contribution in [0.15, 0.2) is 30.3 Å². The number of fused-ring (bicyclic) bond motifs is 1. The summed E-state index contributed by atoms with van der Waals surface area (Å²) >= 11 is 0. The monoisotopic (exact) mass is 381 g/mol.